The highest BCUT2D eigenvalue weighted by Gasteiger charge is 2.14. The summed E-state index contributed by atoms with van der Waals surface area (Å²) >= 11 is 1.39. The summed E-state index contributed by atoms with van der Waals surface area (Å²) in [6.07, 6.45) is 0. The summed E-state index contributed by atoms with van der Waals surface area (Å²) in [5, 5.41) is 15.8. The van der Waals surface area contributed by atoms with Gasteiger partial charge in [-0.05, 0) is 48.9 Å². The number of aromatic nitrogens is 3. The number of para-hydroxylation sites is 1. The van der Waals surface area contributed by atoms with Crippen LogP contribution in [0.25, 0.3) is 11.4 Å². The van der Waals surface area contributed by atoms with Crippen LogP contribution in [0.1, 0.15) is 12.5 Å². The van der Waals surface area contributed by atoms with E-state index >= 15 is 0 Å². The van der Waals surface area contributed by atoms with Gasteiger partial charge in [-0.1, -0.05) is 60.3 Å². The Morgan fingerprint density at radius 3 is 2.25 bits per heavy atom. The molecule has 0 saturated heterocycles. The normalized spacial score (nSPS) is 10.7. The first-order valence-electron chi connectivity index (χ1n) is 10.5. The van der Waals surface area contributed by atoms with Gasteiger partial charge in [-0.25, -0.2) is 0 Å². The van der Waals surface area contributed by atoms with Crippen molar-refractivity contribution in [2.45, 2.75) is 25.2 Å². The number of nitrogens with one attached hydrogen (secondary N) is 2. The summed E-state index contributed by atoms with van der Waals surface area (Å²) in [6, 6.07) is 27.9. The van der Waals surface area contributed by atoms with Crippen molar-refractivity contribution in [2.24, 2.45) is 0 Å². The lowest BCUT2D eigenvalue weighted by molar-refractivity contribution is -0.113. The first-order valence-corrected chi connectivity index (χ1v) is 11.5. The van der Waals surface area contributed by atoms with E-state index in [4.69, 9.17) is 0 Å². The van der Waals surface area contributed by atoms with E-state index in [9.17, 15) is 4.79 Å². The first kappa shape index (κ1) is 21.6. The number of nitrogens with zero attached hydrogens (tertiary/aromatic N) is 3. The van der Waals surface area contributed by atoms with Crippen LogP contribution in [-0.2, 0) is 17.9 Å². The summed E-state index contributed by atoms with van der Waals surface area (Å²) in [5.74, 6) is 1.00. The van der Waals surface area contributed by atoms with Crippen LogP contribution in [0.5, 0.6) is 0 Å². The van der Waals surface area contributed by atoms with Gasteiger partial charge in [0.2, 0.25) is 5.91 Å². The van der Waals surface area contributed by atoms with Crippen LogP contribution in [0.2, 0.25) is 0 Å². The molecule has 6 nitrogen and oxygen atoms in total. The van der Waals surface area contributed by atoms with Gasteiger partial charge >= 0.3 is 0 Å². The third-order valence-electron chi connectivity index (χ3n) is 4.91. The minimum atomic E-state index is -0.0674. The zero-order chi connectivity index (χ0) is 22.2. The van der Waals surface area contributed by atoms with E-state index in [1.807, 2.05) is 77.4 Å². The number of rotatable bonds is 9. The van der Waals surface area contributed by atoms with Gasteiger partial charge in [-0.3, -0.25) is 4.79 Å². The third-order valence-corrected chi connectivity index (χ3v) is 5.87. The summed E-state index contributed by atoms with van der Waals surface area (Å²) in [4.78, 5) is 12.3. The van der Waals surface area contributed by atoms with Crippen molar-refractivity contribution < 1.29 is 4.79 Å². The molecule has 1 aromatic heterocycles. The quantitative estimate of drug-likeness (QED) is 0.343. The molecule has 1 heterocycles. The molecule has 0 fully saturated rings. The van der Waals surface area contributed by atoms with E-state index in [0.29, 0.717) is 0 Å². The standard InChI is InChI=1S/C25H25N5OS/c1-2-30-24(20-13-15-21(16-14-20)26-17-19-9-5-3-6-10-19)28-29-25(30)32-18-23(31)27-22-11-7-4-8-12-22/h3-16,26H,2,17-18H2,1H3,(H,27,31). The lowest BCUT2D eigenvalue weighted by Gasteiger charge is -2.09. The number of benzene rings is 3. The van der Waals surface area contributed by atoms with Crippen molar-refractivity contribution in [3.8, 4) is 11.4 Å². The third kappa shape index (κ3) is 5.56. The van der Waals surface area contributed by atoms with Gasteiger partial charge in [-0.2, -0.15) is 0 Å². The predicted molar refractivity (Wildman–Crippen MR) is 131 cm³/mol. The predicted octanol–water partition coefficient (Wildman–Crippen LogP) is 5.31. The highest BCUT2D eigenvalue weighted by atomic mass is 32.2. The molecule has 2 N–H and O–H groups in total. The van der Waals surface area contributed by atoms with Gasteiger partial charge in [-0.15, -0.1) is 10.2 Å². The number of hydrogen-bond donors (Lipinski definition) is 2. The summed E-state index contributed by atoms with van der Waals surface area (Å²) in [5.41, 5.74) is 4.06. The van der Waals surface area contributed by atoms with Crippen LogP contribution in [0.4, 0.5) is 11.4 Å². The van der Waals surface area contributed by atoms with Crippen molar-refractivity contribution in [1.29, 1.82) is 0 Å². The molecule has 0 aliphatic heterocycles. The molecule has 0 aliphatic rings. The largest absolute Gasteiger partial charge is 0.381 e. The molecule has 3 aromatic carbocycles. The summed E-state index contributed by atoms with van der Waals surface area (Å²) in [7, 11) is 0. The second-order valence-corrected chi connectivity index (χ2v) is 8.11. The fourth-order valence-electron chi connectivity index (χ4n) is 3.28. The van der Waals surface area contributed by atoms with Crippen LogP contribution in [-0.4, -0.2) is 26.4 Å². The second-order valence-electron chi connectivity index (χ2n) is 7.17. The van der Waals surface area contributed by atoms with Crippen molar-refractivity contribution in [1.82, 2.24) is 14.8 Å². The van der Waals surface area contributed by atoms with Crippen LogP contribution in [0.15, 0.2) is 90.1 Å². The Bertz CT molecular complexity index is 1140. The van der Waals surface area contributed by atoms with Crippen molar-refractivity contribution >= 4 is 29.0 Å². The fourth-order valence-corrected chi connectivity index (χ4v) is 4.08. The molecule has 0 radical (unpaired) electrons. The van der Waals surface area contributed by atoms with Crippen molar-refractivity contribution in [2.75, 3.05) is 16.4 Å². The molecule has 0 aliphatic carbocycles. The molecule has 0 bridgehead atoms. The molecular weight excluding hydrogens is 418 g/mol. The van der Waals surface area contributed by atoms with Crippen molar-refractivity contribution in [3.05, 3.63) is 90.5 Å². The van der Waals surface area contributed by atoms with Gasteiger partial charge < -0.3 is 15.2 Å². The molecule has 0 saturated carbocycles. The van der Waals surface area contributed by atoms with Gasteiger partial charge in [0.25, 0.3) is 0 Å². The number of amides is 1. The number of carbonyl (C=O) groups excluding carboxylic acids is 1. The molecule has 0 spiro atoms. The number of carbonyl (C=O) groups is 1. The average molecular weight is 444 g/mol. The topological polar surface area (TPSA) is 71.8 Å². The fraction of sp³-hybridized carbons (Fsp3) is 0.160. The summed E-state index contributed by atoms with van der Waals surface area (Å²) < 4.78 is 2.03. The van der Waals surface area contributed by atoms with Gasteiger partial charge in [0.05, 0.1) is 5.75 Å². The molecule has 4 rings (SSSR count). The first-order chi connectivity index (χ1) is 15.7. The van der Waals surface area contributed by atoms with Gasteiger partial charge in [0.1, 0.15) is 0 Å². The molecule has 1 amide bonds. The minimum absolute atomic E-state index is 0.0674. The zero-order valence-electron chi connectivity index (χ0n) is 17.9. The molecule has 32 heavy (non-hydrogen) atoms. The highest BCUT2D eigenvalue weighted by molar-refractivity contribution is 7.99. The molecule has 0 atom stereocenters. The molecule has 162 valence electrons. The Balaban J connectivity index is 1.38. The van der Waals surface area contributed by atoms with E-state index in [2.05, 4.69) is 39.9 Å². The molecular formula is C25H25N5OS. The van der Waals surface area contributed by atoms with E-state index in [1.54, 1.807) is 0 Å². The average Bonchev–Trinajstić information content (AvgIpc) is 3.26. The van der Waals surface area contributed by atoms with E-state index in [0.717, 1.165) is 41.0 Å². The maximum Gasteiger partial charge on any atom is 0.234 e. The maximum atomic E-state index is 12.3. The minimum Gasteiger partial charge on any atom is -0.381 e. The van der Waals surface area contributed by atoms with Crippen LogP contribution in [0.3, 0.4) is 0 Å². The smallest absolute Gasteiger partial charge is 0.234 e. The monoisotopic (exact) mass is 443 g/mol. The maximum absolute atomic E-state index is 12.3. The Labute approximate surface area is 192 Å². The zero-order valence-corrected chi connectivity index (χ0v) is 18.7. The van der Waals surface area contributed by atoms with Crippen LogP contribution >= 0.6 is 11.8 Å². The van der Waals surface area contributed by atoms with Gasteiger partial charge in [0.15, 0.2) is 11.0 Å². The molecule has 0 unspecified atom stereocenters. The molecule has 4 aromatic rings. The second kappa shape index (κ2) is 10.6. The van der Waals surface area contributed by atoms with E-state index in [-0.39, 0.29) is 11.7 Å². The number of hydrogen-bond acceptors (Lipinski definition) is 5. The van der Waals surface area contributed by atoms with Crippen molar-refractivity contribution in [3.63, 3.8) is 0 Å². The Morgan fingerprint density at radius 2 is 1.56 bits per heavy atom. The lowest BCUT2D eigenvalue weighted by Crippen LogP contribution is -2.14. The number of anilines is 2. The van der Waals surface area contributed by atoms with E-state index in [1.165, 1.54) is 17.3 Å². The summed E-state index contributed by atoms with van der Waals surface area (Å²) in [6.45, 7) is 3.55. The number of thioether (sulfide) groups is 1. The Kier molecular flexibility index (Phi) is 7.19. The van der Waals surface area contributed by atoms with E-state index < -0.39 is 0 Å². The van der Waals surface area contributed by atoms with Crippen LogP contribution in [0, 0.1) is 0 Å². The van der Waals surface area contributed by atoms with Crippen LogP contribution < -0.4 is 10.6 Å². The highest BCUT2D eigenvalue weighted by Crippen LogP contribution is 2.25. The SMILES string of the molecule is CCn1c(SCC(=O)Nc2ccccc2)nnc1-c1ccc(NCc2ccccc2)cc1. The lowest BCUT2D eigenvalue weighted by atomic mass is 10.2. The Morgan fingerprint density at radius 1 is 0.875 bits per heavy atom. The Hall–Kier alpha value is -3.58. The molecule has 7 heteroatoms. The van der Waals surface area contributed by atoms with Gasteiger partial charge in [0, 0.05) is 30.0 Å².